The van der Waals surface area contributed by atoms with Crippen molar-refractivity contribution in [2.45, 2.75) is 32.2 Å². The summed E-state index contributed by atoms with van der Waals surface area (Å²) in [4.78, 5) is 14.3. The SMILES string of the molecule is C[C@@H]1CCCCN1C(=O)c1cccc(Br)c1. The van der Waals surface area contributed by atoms with Crippen molar-refractivity contribution in [2.24, 2.45) is 0 Å². The van der Waals surface area contributed by atoms with Crippen LogP contribution in [0.1, 0.15) is 36.5 Å². The first-order chi connectivity index (χ1) is 7.68. The Bertz CT molecular complexity index is 391. The molecule has 16 heavy (non-hydrogen) atoms. The van der Waals surface area contributed by atoms with Gasteiger partial charge in [-0.15, -0.1) is 0 Å². The van der Waals surface area contributed by atoms with Crippen LogP contribution in [0.3, 0.4) is 0 Å². The summed E-state index contributed by atoms with van der Waals surface area (Å²) in [6, 6.07) is 8.00. The van der Waals surface area contributed by atoms with Crippen LogP contribution in [0.15, 0.2) is 28.7 Å². The van der Waals surface area contributed by atoms with Crippen molar-refractivity contribution in [1.82, 2.24) is 4.90 Å². The minimum atomic E-state index is 0.161. The van der Waals surface area contributed by atoms with Crippen LogP contribution in [0.25, 0.3) is 0 Å². The van der Waals surface area contributed by atoms with E-state index >= 15 is 0 Å². The highest BCUT2D eigenvalue weighted by molar-refractivity contribution is 9.10. The van der Waals surface area contributed by atoms with Crippen molar-refractivity contribution < 1.29 is 4.79 Å². The number of nitrogens with zero attached hydrogens (tertiary/aromatic N) is 1. The van der Waals surface area contributed by atoms with Crippen molar-refractivity contribution in [3.8, 4) is 0 Å². The maximum Gasteiger partial charge on any atom is 0.254 e. The standard InChI is InChI=1S/C13H16BrNO/c1-10-5-2-3-8-15(10)13(16)11-6-4-7-12(14)9-11/h4,6-7,9-10H,2-3,5,8H2,1H3/t10-/m1/s1. The van der Waals surface area contributed by atoms with E-state index in [1.807, 2.05) is 29.2 Å². The summed E-state index contributed by atoms with van der Waals surface area (Å²) in [6.07, 6.45) is 3.49. The molecule has 0 aliphatic carbocycles. The summed E-state index contributed by atoms with van der Waals surface area (Å²) in [6.45, 7) is 3.03. The molecule has 0 spiro atoms. The molecule has 1 aromatic carbocycles. The van der Waals surface area contributed by atoms with Gasteiger partial charge in [-0.1, -0.05) is 22.0 Å². The van der Waals surface area contributed by atoms with Gasteiger partial charge in [-0.25, -0.2) is 0 Å². The predicted molar refractivity (Wildman–Crippen MR) is 68.5 cm³/mol. The second-order valence-corrected chi connectivity index (χ2v) is 5.27. The summed E-state index contributed by atoms with van der Waals surface area (Å²) >= 11 is 3.40. The Morgan fingerprint density at radius 2 is 2.25 bits per heavy atom. The molecule has 1 fully saturated rings. The van der Waals surface area contributed by atoms with Gasteiger partial charge < -0.3 is 4.90 Å². The first-order valence-corrected chi connectivity index (χ1v) is 6.54. The normalized spacial score (nSPS) is 20.9. The first kappa shape index (κ1) is 11.6. The molecule has 1 amide bonds. The Balaban J connectivity index is 2.17. The number of rotatable bonds is 1. The molecule has 1 heterocycles. The van der Waals surface area contributed by atoms with Gasteiger partial charge in [-0.05, 0) is 44.4 Å². The molecule has 86 valence electrons. The number of amides is 1. The highest BCUT2D eigenvalue weighted by Gasteiger charge is 2.23. The Morgan fingerprint density at radius 3 is 2.94 bits per heavy atom. The zero-order chi connectivity index (χ0) is 11.5. The van der Waals surface area contributed by atoms with Crippen LogP contribution >= 0.6 is 15.9 Å². The zero-order valence-electron chi connectivity index (χ0n) is 9.45. The number of carbonyl (C=O) groups is 1. The predicted octanol–water partition coefficient (Wildman–Crippen LogP) is 3.46. The molecule has 3 heteroatoms. The van der Waals surface area contributed by atoms with Crippen LogP contribution in [0, 0.1) is 0 Å². The van der Waals surface area contributed by atoms with Crippen LogP contribution in [0.2, 0.25) is 0 Å². The van der Waals surface area contributed by atoms with Gasteiger partial charge in [0.05, 0.1) is 0 Å². The number of hydrogen-bond acceptors (Lipinski definition) is 1. The van der Waals surface area contributed by atoms with E-state index in [2.05, 4.69) is 22.9 Å². The molecule has 1 atom stereocenters. The fourth-order valence-electron chi connectivity index (χ4n) is 2.19. The Kier molecular flexibility index (Phi) is 3.64. The van der Waals surface area contributed by atoms with E-state index in [9.17, 15) is 4.79 Å². The van der Waals surface area contributed by atoms with E-state index in [0.717, 1.165) is 29.4 Å². The van der Waals surface area contributed by atoms with Gasteiger partial charge in [0, 0.05) is 22.6 Å². The molecule has 1 aliphatic rings. The van der Waals surface area contributed by atoms with Crippen LogP contribution in [-0.4, -0.2) is 23.4 Å². The number of carbonyl (C=O) groups excluding carboxylic acids is 1. The van der Waals surface area contributed by atoms with Crippen LogP contribution in [0.5, 0.6) is 0 Å². The third-order valence-corrected chi connectivity index (χ3v) is 3.63. The molecule has 1 saturated heterocycles. The minimum absolute atomic E-state index is 0.161. The van der Waals surface area contributed by atoms with Crippen molar-refractivity contribution in [3.63, 3.8) is 0 Å². The number of halogens is 1. The molecule has 1 aromatic rings. The van der Waals surface area contributed by atoms with Crippen molar-refractivity contribution in [1.29, 1.82) is 0 Å². The fourth-order valence-corrected chi connectivity index (χ4v) is 2.59. The molecule has 0 radical (unpaired) electrons. The van der Waals surface area contributed by atoms with Crippen LogP contribution in [-0.2, 0) is 0 Å². The van der Waals surface area contributed by atoms with Gasteiger partial charge >= 0.3 is 0 Å². The second-order valence-electron chi connectivity index (χ2n) is 4.35. The summed E-state index contributed by atoms with van der Waals surface area (Å²) in [5.74, 6) is 0.161. The second kappa shape index (κ2) is 5.00. The number of likely N-dealkylation sites (tertiary alicyclic amines) is 1. The summed E-state index contributed by atoms with van der Waals surface area (Å²) < 4.78 is 0.961. The molecule has 2 nitrogen and oxygen atoms in total. The lowest BCUT2D eigenvalue weighted by atomic mass is 10.0. The largest absolute Gasteiger partial charge is 0.336 e. The van der Waals surface area contributed by atoms with Gasteiger partial charge in [-0.2, -0.15) is 0 Å². The lowest BCUT2D eigenvalue weighted by Crippen LogP contribution is -2.42. The number of hydrogen-bond donors (Lipinski definition) is 0. The number of benzene rings is 1. The third-order valence-electron chi connectivity index (χ3n) is 3.14. The lowest BCUT2D eigenvalue weighted by Gasteiger charge is -2.33. The number of piperidine rings is 1. The summed E-state index contributed by atoms with van der Waals surface area (Å²) in [5, 5.41) is 0. The third kappa shape index (κ3) is 2.46. The minimum Gasteiger partial charge on any atom is -0.336 e. The highest BCUT2D eigenvalue weighted by Crippen LogP contribution is 2.20. The molecule has 0 saturated carbocycles. The van der Waals surface area contributed by atoms with Crippen molar-refractivity contribution in [2.75, 3.05) is 6.54 Å². The van der Waals surface area contributed by atoms with E-state index in [1.54, 1.807) is 0 Å². The first-order valence-electron chi connectivity index (χ1n) is 5.75. The molecular formula is C13H16BrNO. The van der Waals surface area contributed by atoms with Crippen molar-refractivity contribution >= 4 is 21.8 Å². The van der Waals surface area contributed by atoms with Gasteiger partial charge in [-0.3, -0.25) is 4.79 Å². The highest BCUT2D eigenvalue weighted by atomic mass is 79.9. The zero-order valence-corrected chi connectivity index (χ0v) is 11.0. The topological polar surface area (TPSA) is 20.3 Å². The van der Waals surface area contributed by atoms with E-state index in [1.165, 1.54) is 6.42 Å². The van der Waals surface area contributed by atoms with Crippen molar-refractivity contribution in [3.05, 3.63) is 34.3 Å². The monoisotopic (exact) mass is 281 g/mol. The molecule has 0 aromatic heterocycles. The smallest absolute Gasteiger partial charge is 0.254 e. The van der Waals surface area contributed by atoms with E-state index in [-0.39, 0.29) is 5.91 Å². The molecule has 2 rings (SSSR count). The Labute approximate surface area is 105 Å². The Hall–Kier alpha value is -0.830. The van der Waals surface area contributed by atoms with Gasteiger partial charge in [0.25, 0.3) is 5.91 Å². The Morgan fingerprint density at radius 1 is 1.44 bits per heavy atom. The van der Waals surface area contributed by atoms with Crippen LogP contribution in [0.4, 0.5) is 0 Å². The lowest BCUT2D eigenvalue weighted by molar-refractivity contribution is 0.0635. The van der Waals surface area contributed by atoms with Gasteiger partial charge in [0.15, 0.2) is 0 Å². The van der Waals surface area contributed by atoms with Crippen LogP contribution < -0.4 is 0 Å². The summed E-state index contributed by atoms with van der Waals surface area (Å²) in [7, 11) is 0. The maximum atomic E-state index is 12.3. The molecular weight excluding hydrogens is 266 g/mol. The quantitative estimate of drug-likeness (QED) is 0.772. The van der Waals surface area contributed by atoms with E-state index < -0.39 is 0 Å². The average Bonchev–Trinajstić information content (AvgIpc) is 2.29. The van der Waals surface area contributed by atoms with Gasteiger partial charge in [0.2, 0.25) is 0 Å². The molecule has 0 N–H and O–H groups in total. The maximum absolute atomic E-state index is 12.3. The van der Waals surface area contributed by atoms with E-state index in [4.69, 9.17) is 0 Å². The molecule has 0 unspecified atom stereocenters. The molecule has 1 aliphatic heterocycles. The van der Waals surface area contributed by atoms with Gasteiger partial charge in [0.1, 0.15) is 0 Å². The summed E-state index contributed by atoms with van der Waals surface area (Å²) in [5.41, 5.74) is 0.781. The molecule has 0 bridgehead atoms. The van der Waals surface area contributed by atoms with E-state index in [0.29, 0.717) is 6.04 Å². The average molecular weight is 282 g/mol. The fraction of sp³-hybridized carbons (Fsp3) is 0.462.